The molecule has 2 unspecified atom stereocenters. The summed E-state index contributed by atoms with van der Waals surface area (Å²) in [4.78, 5) is 29.7. The van der Waals surface area contributed by atoms with E-state index in [-0.39, 0.29) is 29.7 Å². The maximum Gasteiger partial charge on any atom is 0.414 e. The maximum atomic E-state index is 13.6. The first-order valence-electron chi connectivity index (χ1n) is 13.6. The molecule has 2 amide bonds. The lowest BCUT2D eigenvalue weighted by Crippen LogP contribution is -2.54. The van der Waals surface area contributed by atoms with Crippen LogP contribution in [0.3, 0.4) is 0 Å². The van der Waals surface area contributed by atoms with E-state index >= 15 is 0 Å². The third-order valence-electron chi connectivity index (χ3n) is 8.48. The Labute approximate surface area is 213 Å². The zero-order valence-corrected chi connectivity index (χ0v) is 21.4. The lowest BCUT2D eigenvalue weighted by atomic mass is 9.75. The lowest BCUT2D eigenvalue weighted by molar-refractivity contribution is -0.117. The molecule has 192 valence electrons. The number of hydrogen-bond donors (Lipinski definition) is 1. The van der Waals surface area contributed by atoms with Gasteiger partial charge in [-0.15, -0.1) is 0 Å². The summed E-state index contributed by atoms with van der Waals surface area (Å²) in [7, 11) is 0. The van der Waals surface area contributed by atoms with E-state index in [1.54, 1.807) is 16.7 Å². The molecule has 2 aromatic rings. The first-order valence-corrected chi connectivity index (χ1v) is 13.6. The summed E-state index contributed by atoms with van der Waals surface area (Å²) in [6.07, 6.45) is 13.6. The van der Waals surface area contributed by atoms with E-state index in [4.69, 9.17) is 4.74 Å². The van der Waals surface area contributed by atoms with Crippen LogP contribution in [0.5, 0.6) is 0 Å². The number of carbonyl (C=O) groups is 2. The maximum absolute atomic E-state index is 13.6. The molecule has 0 radical (unpaired) electrons. The predicted octanol–water partition coefficient (Wildman–Crippen LogP) is 5.04. The third-order valence-corrected chi connectivity index (χ3v) is 8.48. The molecule has 2 aliphatic carbocycles. The molecule has 6 rings (SSSR count). The van der Waals surface area contributed by atoms with Gasteiger partial charge in [-0.25, -0.2) is 4.79 Å². The van der Waals surface area contributed by atoms with Gasteiger partial charge >= 0.3 is 6.09 Å². The van der Waals surface area contributed by atoms with Crippen LogP contribution in [-0.2, 0) is 9.53 Å². The van der Waals surface area contributed by atoms with Crippen LogP contribution in [0.2, 0.25) is 0 Å². The van der Waals surface area contributed by atoms with Gasteiger partial charge in [-0.3, -0.25) is 14.4 Å². The van der Waals surface area contributed by atoms with Crippen LogP contribution in [0.4, 0.5) is 16.2 Å². The Kier molecular flexibility index (Phi) is 6.02. The normalized spacial score (nSPS) is 28.2. The Morgan fingerprint density at radius 1 is 1.08 bits per heavy atom. The number of ether oxygens (including phenoxy) is 1. The van der Waals surface area contributed by atoms with Crippen molar-refractivity contribution in [2.75, 3.05) is 22.9 Å². The number of amides is 2. The summed E-state index contributed by atoms with van der Waals surface area (Å²) in [5, 5.41) is 8.28. The number of nitrogens with zero attached hydrogens (tertiary/aromatic N) is 4. The van der Waals surface area contributed by atoms with Crippen LogP contribution in [0, 0.1) is 0 Å². The molecule has 1 N–H and O–H groups in total. The fraction of sp³-hybridized carbons (Fsp3) is 0.607. The summed E-state index contributed by atoms with van der Waals surface area (Å²) in [5.41, 5.74) is 3.61. The summed E-state index contributed by atoms with van der Waals surface area (Å²) in [6.45, 7) is 5.03. The Hall–Kier alpha value is -2.87. The molecule has 36 heavy (non-hydrogen) atoms. The lowest BCUT2D eigenvalue weighted by Gasteiger charge is -2.45. The minimum Gasteiger partial charge on any atom is -0.446 e. The van der Waals surface area contributed by atoms with Crippen LogP contribution in [0.25, 0.3) is 11.1 Å². The molecule has 8 nitrogen and oxygen atoms in total. The van der Waals surface area contributed by atoms with Gasteiger partial charge in [-0.2, -0.15) is 5.10 Å². The molecule has 8 heteroatoms. The van der Waals surface area contributed by atoms with Crippen LogP contribution in [-0.4, -0.2) is 52.6 Å². The van der Waals surface area contributed by atoms with Crippen molar-refractivity contribution in [3.63, 3.8) is 0 Å². The molecule has 2 saturated carbocycles. The number of piperidine rings is 1. The SMILES string of the molecule is CC(=O)N1c2ccc(-c3cnn(C4CC4)c3)cc2N(C(=O)OC2CCCC3(CCCCN3)C2)C[C@@H]1C. The molecular weight excluding hydrogens is 454 g/mol. The van der Waals surface area contributed by atoms with E-state index in [1.165, 1.54) is 25.7 Å². The quantitative estimate of drug-likeness (QED) is 0.651. The Bertz CT molecular complexity index is 1140. The van der Waals surface area contributed by atoms with Crippen LogP contribution in [0.1, 0.15) is 77.7 Å². The summed E-state index contributed by atoms with van der Waals surface area (Å²) < 4.78 is 8.21. The Balaban J connectivity index is 1.27. The van der Waals surface area contributed by atoms with Crippen molar-refractivity contribution in [1.82, 2.24) is 15.1 Å². The first kappa shape index (κ1) is 23.5. The minimum atomic E-state index is -0.310. The molecule has 4 aliphatic rings. The minimum absolute atomic E-state index is 0.0244. The molecule has 1 saturated heterocycles. The molecular formula is C28H37N5O3. The molecule has 2 aliphatic heterocycles. The molecule has 1 aromatic heterocycles. The largest absolute Gasteiger partial charge is 0.446 e. The topological polar surface area (TPSA) is 79.7 Å². The van der Waals surface area contributed by atoms with Gasteiger partial charge in [0.1, 0.15) is 6.10 Å². The van der Waals surface area contributed by atoms with Gasteiger partial charge in [0, 0.05) is 37.2 Å². The first-order chi connectivity index (χ1) is 17.4. The zero-order valence-electron chi connectivity index (χ0n) is 21.4. The highest BCUT2D eigenvalue weighted by Crippen LogP contribution is 2.41. The standard InChI is InChI=1S/C28H37N5O3/c1-19-17-31(27(35)36-24-6-5-12-28(15-24)11-3-4-13-29-28)26-14-21(7-10-25(26)33(19)20(2)34)22-16-30-32(18-22)23-8-9-23/h7,10,14,16,18-19,23-24,29H,3-6,8-9,11-13,15,17H2,1-2H3/t19-,24?,28?/m0/s1. The zero-order chi connectivity index (χ0) is 24.9. The van der Waals surface area contributed by atoms with Crippen molar-refractivity contribution in [1.29, 1.82) is 0 Å². The highest BCUT2D eigenvalue weighted by atomic mass is 16.6. The Morgan fingerprint density at radius 3 is 2.67 bits per heavy atom. The second kappa shape index (κ2) is 9.21. The van der Waals surface area contributed by atoms with E-state index < -0.39 is 0 Å². The fourth-order valence-electron chi connectivity index (χ4n) is 6.52. The summed E-state index contributed by atoms with van der Waals surface area (Å²) >= 11 is 0. The molecule has 1 aromatic carbocycles. The van der Waals surface area contributed by atoms with Gasteiger partial charge < -0.3 is 15.0 Å². The van der Waals surface area contributed by atoms with E-state index in [0.29, 0.717) is 12.6 Å². The highest BCUT2D eigenvalue weighted by Gasteiger charge is 2.40. The van der Waals surface area contributed by atoms with Crippen molar-refractivity contribution >= 4 is 23.4 Å². The van der Waals surface area contributed by atoms with Crippen molar-refractivity contribution in [2.24, 2.45) is 0 Å². The summed E-state index contributed by atoms with van der Waals surface area (Å²) in [6, 6.07) is 6.36. The van der Waals surface area contributed by atoms with E-state index in [0.717, 1.165) is 61.2 Å². The fourth-order valence-corrected chi connectivity index (χ4v) is 6.52. The van der Waals surface area contributed by atoms with E-state index in [1.807, 2.05) is 36.0 Å². The number of anilines is 2. The monoisotopic (exact) mass is 491 g/mol. The van der Waals surface area contributed by atoms with Crippen LogP contribution in [0.15, 0.2) is 30.6 Å². The molecule has 3 heterocycles. The van der Waals surface area contributed by atoms with Gasteiger partial charge in [0.15, 0.2) is 0 Å². The highest BCUT2D eigenvalue weighted by molar-refractivity contribution is 6.03. The molecule has 3 fully saturated rings. The van der Waals surface area contributed by atoms with Gasteiger partial charge in [-0.05, 0) is 76.1 Å². The summed E-state index contributed by atoms with van der Waals surface area (Å²) in [5.74, 6) is -0.0244. The Morgan fingerprint density at radius 2 is 1.92 bits per heavy atom. The average molecular weight is 492 g/mol. The smallest absolute Gasteiger partial charge is 0.414 e. The van der Waals surface area contributed by atoms with Crippen molar-refractivity contribution in [3.05, 3.63) is 30.6 Å². The average Bonchev–Trinajstić information content (AvgIpc) is 3.60. The van der Waals surface area contributed by atoms with Gasteiger partial charge in [0.25, 0.3) is 0 Å². The number of fused-ring (bicyclic) bond motifs is 1. The second-order valence-electron chi connectivity index (χ2n) is 11.3. The molecule has 1 spiro atoms. The van der Waals surface area contributed by atoms with Crippen molar-refractivity contribution in [3.8, 4) is 11.1 Å². The van der Waals surface area contributed by atoms with Crippen LogP contribution >= 0.6 is 0 Å². The number of hydrogen-bond acceptors (Lipinski definition) is 5. The van der Waals surface area contributed by atoms with E-state index in [9.17, 15) is 9.59 Å². The second-order valence-corrected chi connectivity index (χ2v) is 11.3. The van der Waals surface area contributed by atoms with Crippen LogP contribution < -0.4 is 15.1 Å². The third kappa shape index (κ3) is 4.40. The number of aromatic nitrogens is 2. The molecule has 0 bridgehead atoms. The predicted molar refractivity (Wildman–Crippen MR) is 139 cm³/mol. The molecule has 3 atom stereocenters. The van der Waals surface area contributed by atoms with Gasteiger partial charge in [0.2, 0.25) is 5.91 Å². The number of nitrogens with one attached hydrogen (secondary N) is 1. The van der Waals surface area contributed by atoms with E-state index in [2.05, 4.69) is 16.6 Å². The number of carbonyl (C=O) groups excluding carboxylic acids is 2. The van der Waals surface area contributed by atoms with Crippen molar-refractivity contribution in [2.45, 2.75) is 95.4 Å². The van der Waals surface area contributed by atoms with Gasteiger partial charge in [-0.1, -0.05) is 12.5 Å². The van der Waals surface area contributed by atoms with Crippen molar-refractivity contribution < 1.29 is 14.3 Å². The number of benzene rings is 1. The number of rotatable bonds is 3. The van der Waals surface area contributed by atoms with Gasteiger partial charge in [0.05, 0.1) is 29.7 Å².